The maximum Gasteiger partial charge on any atom is 0.217 e. The molecule has 0 saturated heterocycles. The van der Waals surface area contributed by atoms with Gasteiger partial charge in [0.2, 0.25) is 5.88 Å². The largest absolute Gasteiger partial charge is 0.439 e. The lowest BCUT2D eigenvalue weighted by atomic mass is 10.2. The van der Waals surface area contributed by atoms with Gasteiger partial charge in [0.1, 0.15) is 5.75 Å². The third-order valence-corrected chi connectivity index (χ3v) is 2.24. The normalized spacial score (nSPS) is 10.4. The molecule has 84 valence electrons. The van der Waals surface area contributed by atoms with Gasteiger partial charge >= 0.3 is 0 Å². The molecular weight excluding hydrogens is 204 g/mol. The molecule has 1 aromatic carbocycles. The Labute approximate surface area is 93.6 Å². The van der Waals surface area contributed by atoms with Crippen molar-refractivity contribution in [1.82, 2.24) is 9.78 Å². The van der Waals surface area contributed by atoms with Crippen molar-refractivity contribution in [3.63, 3.8) is 0 Å². The summed E-state index contributed by atoms with van der Waals surface area (Å²) in [5.41, 5.74) is 13.3. The summed E-state index contributed by atoms with van der Waals surface area (Å²) in [7, 11) is 1.82. The molecule has 5 heteroatoms. The summed E-state index contributed by atoms with van der Waals surface area (Å²) in [5.74, 6) is 1.32. The zero-order chi connectivity index (χ0) is 11.7. The second kappa shape index (κ2) is 3.77. The summed E-state index contributed by atoms with van der Waals surface area (Å²) in [5, 5.41) is 4.18. The van der Waals surface area contributed by atoms with Crippen LogP contribution in [-0.2, 0) is 7.05 Å². The van der Waals surface area contributed by atoms with E-state index in [1.807, 2.05) is 20.0 Å². The average Bonchev–Trinajstić information content (AvgIpc) is 2.51. The predicted octanol–water partition coefficient (Wildman–Crippen LogP) is 1.69. The molecule has 2 rings (SSSR count). The quantitative estimate of drug-likeness (QED) is 0.752. The number of benzene rings is 1. The number of hydrogen-bond donors (Lipinski definition) is 2. The topological polar surface area (TPSA) is 79.1 Å². The van der Waals surface area contributed by atoms with Crippen molar-refractivity contribution in [2.24, 2.45) is 7.05 Å². The number of nitrogens with two attached hydrogens (primary N) is 2. The first-order valence-corrected chi connectivity index (χ1v) is 4.90. The maximum atomic E-state index is 5.69. The van der Waals surface area contributed by atoms with Crippen LogP contribution >= 0.6 is 0 Å². The lowest BCUT2D eigenvalue weighted by Crippen LogP contribution is -1.97. The van der Waals surface area contributed by atoms with Crippen molar-refractivity contribution in [2.75, 3.05) is 11.5 Å². The van der Waals surface area contributed by atoms with Gasteiger partial charge < -0.3 is 16.2 Å². The SMILES string of the molecule is Cc1cc(Oc2ccc(N)c(N)c2)n(C)n1. The van der Waals surface area contributed by atoms with Crippen molar-refractivity contribution in [2.45, 2.75) is 6.92 Å². The highest BCUT2D eigenvalue weighted by molar-refractivity contribution is 5.65. The lowest BCUT2D eigenvalue weighted by Gasteiger charge is -2.07. The zero-order valence-corrected chi connectivity index (χ0v) is 9.27. The van der Waals surface area contributed by atoms with E-state index in [4.69, 9.17) is 16.2 Å². The molecule has 0 aliphatic heterocycles. The Morgan fingerprint density at radius 3 is 2.50 bits per heavy atom. The molecule has 0 atom stereocenters. The standard InChI is InChI=1S/C11H14N4O/c1-7-5-11(15(2)14-7)16-8-3-4-9(12)10(13)6-8/h3-6H,12-13H2,1-2H3. The van der Waals surface area contributed by atoms with Crippen molar-refractivity contribution >= 4 is 11.4 Å². The molecule has 0 fully saturated rings. The molecule has 0 unspecified atom stereocenters. The Hall–Kier alpha value is -2.17. The second-order valence-electron chi connectivity index (χ2n) is 3.64. The van der Waals surface area contributed by atoms with Crippen LogP contribution in [0.3, 0.4) is 0 Å². The van der Waals surface area contributed by atoms with E-state index in [0.29, 0.717) is 23.0 Å². The first-order valence-electron chi connectivity index (χ1n) is 4.90. The lowest BCUT2D eigenvalue weighted by molar-refractivity contribution is 0.431. The van der Waals surface area contributed by atoms with E-state index in [0.717, 1.165) is 5.69 Å². The molecule has 0 aliphatic rings. The van der Waals surface area contributed by atoms with Crippen molar-refractivity contribution < 1.29 is 4.74 Å². The second-order valence-corrected chi connectivity index (χ2v) is 3.64. The molecule has 0 aliphatic carbocycles. The highest BCUT2D eigenvalue weighted by Gasteiger charge is 2.05. The highest BCUT2D eigenvalue weighted by atomic mass is 16.5. The molecule has 4 N–H and O–H groups in total. The number of nitrogens with zero attached hydrogens (tertiary/aromatic N) is 2. The van der Waals surface area contributed by atoms with Crippen LogP contribution in [-0.4, -0.2) is 9.78 Å². The number of nitrogen functional groups attached to an aromatic ring is 2. The fourth-order valence-electron chi connectivity index (χ4n) is 1.42. The summed E-state index contributed by atoms with van der Waals surface area (Å²) in [6.07, 6.45) is 0. The molecule has 0 amide bonds. The smallest absolute Gasteiger partial charge is 0.217 e. The van der Waals surface area contributed by atoms with Gasteiger partial charge in [-0.1, -0.05) is 0 Å². The Bertz CT molecular complexity index is 519. The van der Waals surface area contributed by atoms with Gasteiger partial charge in [0, 0.05) is 19.2 Å². The van der Waals surface area contributed by atoms with Gasteiger partial charge in [-0.05, 0) is 19.1 Å². The molecular formula is C11H14N4O. The predicted molar refractivity (Wildman–Crippen MR) is 63.3 cm³/mol. The average molecular weight is 218 g/mol. The minimum Gasteiger partial charge on any atom is -0.439 e. The summed E-state index contributed by atoms with van der Waals surface area (Å²) in [6.45, 7) is 1.91. The third kappa shape index (κ3) is 1.93. The van der Waals surface area contributed by atoms with Gasteiger partial charge in [-0.25, -0.2) is 4.68 Å². The zero-order valence-electron chi connectivity index (χ0n) is 9.27. The third-order valence-electron chi connectivity index (χ3n) is 2.24. The van der Waals surface area contributed by atoms with Crippen LogP contribution in [0.1, 0.15) is 5.69 Å². The molecule has 16 heavy (non-hydrogen) atoms. The Morgan fingerprint density at radius 1 is 1.19 bits per heavy atom. The monoisotopic (exact) mass is 218 g/mol. The number of aromatic nitrogens is 2. The van der Waals surface area contributed by atoms with Gasteiger partial charge in [-0.15, -0.1) is 0 Å². The van der Waals surface area contributed by atoms with Crippen LogP contribution in [0.2, 0.25) is 0 Å². The van der Waals surface area contributed by atoms with E-state index in [1.165, 1.54) is 0 Å². The van der Waals surface area contributed by atoms with Gasteiger partial charge in [-0.3, -0.25) is 0 Å². The Kier molecular flexibility index (Phi) is 2.44. The number of anilines is 2. The van der Waals surface area contributed by atoms with E-state index in [9.17, 15) is 0 Å². The van der Waals surface area contributed by atoms with E-state index in [2.05, 4.69) is 5.10 Å². The minimum atomic E-state index is 0.511. The number of rotatable bonds is 2. The Morgan fingerprint density at radius 2 is 1.94 bits per heavy atom. The fraction of sp³-hybridized carbons (Fsp3) is 0.182. The summed E-state index contributed by atoms with van der Waals surface area (Å²) in [4.78, 5) is 0. The number of aryl methyl sites for hydroxylation is 2. The molecule has 0 bridgehead atoms. The summed E-state index contributed by atoms with van der Waals surface area (Å²) >= 11 is 0. The minimum absolute atomic E-state index is 0.511. The highest BCUT2D eigenvalue weighted by Crippen LogP contribution is 2.26. The van der Waals surface area contributed by atoms with Crippen LogP contribution in [0.5, 0.6) is 11.6 Å². The van der Waals surface area contributed by atoms with Crippen LogP contribution in [0.25, 0.3) is 0 Å². The van der Waals surface area contributed by atoms with Gasteiger partial charge in [0.15, 0.2) is 0 Å². The summed E-state index contributed by atoms with van der Waals surface area (Å²) < 4.78 is 7.30. The molecule has 1 heterocycles. The molecule has 1 aromatic heterocycles. The first kappa shape index (κ1) is 10.4. The van der Waals surface area contributed by atoms with Crippen LogP contribution in [0, 0.1) is 6.92 Å². The van der Waals surface area contributed by atoms with Crippen molar-refractivity contribution in [3.8, 4) is 11.6 Å². The molecule has 5 nitrogen and oxygen atoms in total. The van der Waals surface area contributed by atoms with Crippen molar-refractivity contribution in [1.29, 1.82) is 0 Å². The first-order chi connectivity index (χ1) is 7.56. The fourth-order valence-corrected chi connectivity index (χ4v) is 1.42. The van der Waals surface area contributed by atoms with E-state index < -0.39 is 0 Å². The number of ether oxygens (including phenoxy) is 1. The van der Waals surface area contributed by atoms with Gasteiger partial charge in [0.25, 0.3) is 0 Å². The van der Waals surface area contributed by atoms with Gasteiger partial charge in [0.05, 0.1) is 17.1 Å². The summed E-state index contributed by atoms with van der Waals surface area (Å²) in [6, 6.07) is 7.03. The maximum absolute atomic E-state index is 5.69. The molecule has 0 spiro atoms. The van der Waals surface area contributed by atoms with Crippen molar-refractivity contribution in [3.05, 3.63) is 30.0 Å². The van der Waals surface area contributed by atoms with E-state index >= 15 is 0 Å². The van der Waals surface area contributed by atoms with Crippen LogP contribution in [0.4, 0.5) is 11.4 Å². The van der Waals surface area contributed by atoms with Crippen LogP contribution in [0.15, 0.2) is 24.3 Å². The van der Waals surface area contributed by atoms with Gasteiger partial charge in [-0.2, -0.15) is 5.10 Å². The molecule has 0 saturated carbocycles. The van der Waals surface area contributed by atoms with E-state index in [-0.39, 0.29) is 0 Å². The number of hydrogen-bond acceptors (Lipinski definition) is 4. The Balaban J connectivity index is 2.27. The van der Waals surface area contributed by atoms with Crippen LogP contribution < -0.4 is 16.2 Å². The van der Waals surface area contributed by atoms with E-state index in [1.54, 1.807) is 22.9 Å². The molecule has 0 radical (unpaired) electrons. The molecule has 2 aromatic rings.